The van der Waals surface area contributed by atoms with Gasteiger partial charge in [0.1, 0.15) is 11.4 Å². The molecule has 216 valence electrons. The fourth-order valence-corrected chi connectivity index (χ4v) is 6.92. The number of hydrogen-bond donors (Lipinski definition) is 0. The summed E-state index contributed by atoms with van der Waals surface area (Å²) in [5, 5.41) is 16.3. The molecule has 1 aliphatic heterocycles. The summed E-state index contributed by atoms with van der Waals surface area (Å²) in [7, 11) is -0.704. The third kappa shape index (κ3) is 4.09. The molecule has 0 radical (unpaired) electrons. The average molecular weight is 590 g/mol. The fraction of sp³-hybridized carbons (Fsp3) is 0.0244. The second-order valence-corrected chi connectivity index (χ2v) is 11.7. The summed E-state index contributed by atoms with van der Waals surface area (Å²) < 4.78 is 13.7. The first-order chi connectivity index (χ1) is 22.8. The topological polar surface area (TPSA) is 44.2 Å². The molecule has 2 heterocycles. The number of rotatable bonds is 4. The second kappa shape index (κ2) is 10.6. The van der Waals surface area contributed by atoms with Crippen molar-refractivity contribution in [3.05, 3.63) is 151 Å². The smallest absolute Gasteiger partial charge is 0.518 e. The molecule has 0 saturated carbocycles. The number of hydrogen-bond acceptors (Lipinski definition) is 4. The van der Waals surface area contributed by atoms with Crippen LogP contribution >= 0.6 is 0 Å². The largest absolute Gasteiger partial charge is 0.634 e. The fourth-order valence-electron chi connectivity index (χ4n) is 6.92. The Morgan fingerprint density at radius 1 is 0.435 bits per heavy atom. The van der Waals surface area contributed by atoms with E-state index in [1.54, 1.807) is 0 Å². The maximum absolute atomic E-state index is 6.86. The number of aryl methyl sites for hydroxylation is 1. The van der Waals surface area contributed by atoms with Crippen molar-refractivity contribution in [2.24, 2.45) is 0 Å². The molecule has 0 amide bonds. The Balaban J connectivity index is 1.30. The molecule has 46 heavy (non-hydrogen) atoms. The van der Waals surface area contributed by atoms with Crippen LogP contribution in [0.1, 0.15) is 5.56 Å². The summed E-state index contributed by atoms with van der Waals surface area (Å²) in [5.74, 6) is 1.21. The Kier molecular flexibility index (Phi) is 6.10. The van der Waals surface area contributed by atoms with Gasteiger partial charge in [-0.25, -0.2) is 0 Å². The van der Waals surface area contributed by atoms with Crippen LogP contribution in [0.4, 0.5) is 0 Å². The maximum atomic E-state index is 6.86. The van der Waals surface area contributed by atoms with E-state index in [4.69, 9.17) is 9.31 Å². The molecule has 0 bridgehead atoms. The van der Waals surface area contributed by atoms with E-state index in [0.29, 0.717) is 22.9 Å². The van der Waals surface area contributed by atoms with Crippen LogP contribution in [-0.4, -0.2) is 17.3 Å². The van der Waals surface area contributed by atoms with E-state index in [-0.39, 0.29) is 0 Å². The van der Waals surface area contributed by atoms with E-state index < -0.39 is 7.12 Å². The lowest BCUT2D eigenvalue weighted by atomic mass is 9.71. The number of nitrogens with zero attached hydrogens (tertiary/aromatic N) is 2. The molecule has 0 unspecified atom stereocenters. The van der Waals surface area contributed by atoms with Crippen molar-refractivity contribution >= 4 is 44.9 Å². The highest BCUT2D eigenvalue weighted by Crippen LogP contribution is 2.47. The van der Waals surface area contributed by atoms with E-state index in [9.17, 15) is 0 Å². The van der Waals surface area contributed by atoms with Crippen molar-refractivity contribution < 1.29 is 9.31 Å². The molecular weight excluding hydrogens is 563 g/mol. The first-order valence-electron chi connectivity index (χ1n) is 15.5. The highest BCUT2D eigenvalue weighted by Gasteiger charge is 2.41. The minimum absolute atomic E-state index is 0.604. The van der Waals surface area contributed by atoms with Gasteiger partial charge in [0, 0.05) is 16.6 Å². The third-order valence-electron chi connectivity index (χ3n) is 9.05. The number of aromatic nitrogens is 2. The first-order valence-corrected chi connectivity index (χ1v) is 15.5. The molecular formula is C41H27BN2O2. The van der Waals surface area contributed by atoms with Gasteiger partial charge in [-0.15, -0.1) is 10.2 Å². The molecule has 1 aromatic heterocycles. The van der Waals surface area contributed by atoms with Crippen molar-refractivity contribution in [2.75, 3.05) is 0 Å². The van der Waals surface area contributed by atoms with Crippen molar-refractivity contribution in [3.63, 3.8) is 0 Å². The van der Waals surface area contributed by atoms with Gasteiger partial charge in [-0.2, -0.15) is 0 Å². The number of benzene rings is 7. The van der Waals surface area contributed by atoms with Crippen LogP contribution in [0, 0.1) is 6.92 Å². The molecule has 5 heteroatoms. The van der Waals surface area contributed by atoms with E-state index >= 15 is 0 Å². The van der Waals surface area contributed by atoms with Gasteiger partial charge in [-0.05, 0) is 55.9 Å². The summed E-state index contributed by atoms with van der Waals surface area (Å²) in [4.78, 5) is 0. The van der Waals surface area contributed by atoms with Gasteiger partial charge in [0.25, 0.3) is 0 Å². The van der Waals surface area contributed by atoms with Crippen LogP contribution in [0.5, 0.6) is 11.5 Å². The second-order valence-electron chi connectivity index (χ2n) is 11.7. The van der Waals surface area contributed by atoms with E-state index in [1.807, 2.05) is 60.7 Å². The van der Waals surface area contributed by atoms with Crippen LogP contribution in [0.25, 0.3) is 66.0 Å². The van der Waals surface area contributed by atoms with Crippen LogP contribution in [0.2, 0.25) is 0 Å². The lowest BCUT2D eigenvalue weighted by Crippen LogP contribution is -2.40. The number of fused-ring (bicyclic) bond motifs is 4. The Labute approximate surface area is 267 Å². The Morgan fingerprint density at radius 2 is 0.870 bits per heavy atom. The summed E-state index contributed by atoms with van der Waals surface area (Å²) >= 11 is 0. The quantitative estimate of drug-likeness (QED) is 0.151. The van der Waals surface area contributed by atoms with Crippen molar-refractivity contribution in [1.82, 2.24) is 10.2 Å². The van der Waals surface area contributed by atoms with Gasteiger partial charge in [0.05, 0.1) is 0 Å². The van der Waals surface area contributed by atoms with Gasteiger partial charge in [0.15, 0.2) is 11.5 Å². The van der Waals surface area contributed by atoms with Gasteiger partial charge in [0.2, 0.25) is 0 Å². The molecule has 0 fully saturated rings. The Hall–Kier alpha value is -5.94. The molecule has 0 aliphatic carbocycles. The van der Waals surface area contributed by atoms with Gasteiger partial charge in [-0.1, -0.05) is 146 Å². The summed E-state index contributed by atoms with van der Waals surface area (Å²) in [5.41, 5.74) is 7.84. The zero-order valence-corrected chi connectivity index (χ0v) is 25.1. The normalized spacial score (nSPS) is 12.3. The van der Waals surface area contributed by atoms with Gasteiger partial charge < -0.3 is 9.31 Å². The van der Waals surface area contributed by atoms with E-state index in [2.05, 4.69) is 102 Å². The minimum atomic E-state index is -0.704. The van der Waals surface area contributed by atoms with E-state index in [0.717, 1.165) is 38.1 Å². The molecule has 0 spiro atoms. The monoisotopic (exact) mass is 590 g/mol. The summed E-state index contributed by atoms with van der Waals surface area (Å²) in [6.07, 6.45) is 0. The molecule has 0 atom stereocenters. The minimum Gasteiger partial charge on any atom is -0.518 e. The van der Waals surface area contributed by atoms with Crippen molar-refractivity contribution in [1.29, 1.82) is 0 Å². The van der Waals surface area contributed by atoms with Crippen LogP contribution in [0.15, 0.2) is 146 Å². The molecule has 8 aromatic rings. The van der Waals surface area contributed by atoms with Crippen LogP contribution in [0.3, 0.4) is 0 Å². The predicted molar refractivity (Wildman–Crippen MR) is 189 cm³/mol. The maximum Gasteiger partial charge on any atom is 0.634 e. The Morgan fingerprint density at radius 3 is 1.39 bits per heavy atom. The third-order valence-corrected chi connectivity index (χ3v) is 9.05. The van der Waals surface area contributed by atoms with Crippen molar-refractivity contribution in [3.8, 4) is 45.1 Å². The summed E-state index contributed by atoms with van der Waals surface area (Å²) in [6, 6.07) is 50.4. The highest BCUT2D eigenvalue weighted by molar-refractivity contribution is 6.70. The lowest BCUT2D eigenvalue weighted by molar-refractivity contribution is 0.520. The first kappa shape index (κ1) is 26.5. The molecule has 7 aromatic carbocycles. The van der Waals surface area contributed by atoms with Crippen LogP contribution < -0.4 is 14.8 Å². The molecule has 0 N–H and O–H groups in total. The predicted octanol–water partition coefficient (Wildman–Crippen LogP) is 9.41. The molecule has 4 nitrogen and oxygen atoms in total. The van der Waals surface area contributed by atoms with Gasteiger partial charge in [-0.3, -0.25) is 0 Å². The zero-order chi connectivity index (χ0) is 30.6. The summed E-state index contributed by atoms with van der Waals surface area (Å²) in [6.45, 7) is 2.18. The SMILES string of the molecule is Cc1ccc(-c2c3ccccc3c(B3Oc4c(-c5ccccc5)nnc(-c5ccccc5)c4O3)c3ccccc23)c2ccccc12. The van der Waals surface area contributed by atoms with Crippen LogP contribution in [-0.2, 0) is 0 Å². The molecule has 0 saturated heterocycles. The average Bonchev–Trinajstić information content (AvgIpc) is 3.56. The van der Waals surface area contributed by atoms with E-state index in [1.165, 1.54) is 27.5 Å². The lowest BCUT2D eigenvalue weighted by Gasteiger charge is -2.19. The highest BCUT2D eigenvalue weighted by atomic mass is 16.6. The van der Waals surface area contributed by atoms with Crippen molar-refractivity contribution in [2.45, 2.75) is 6.92 Å². The Bertz CT molecular complexity index is 2320. The standard InChI is InChI=1S/C41H27BN2O2/c1-26-24-25-33(30-19-9-8-18-29(26)30)36-31-20-10-12-22-34(31)37(35-23-13-11-21-32(35)36)42-45-40-38(27-14-4-2-5-15-27)43-44-39(41(40)46-42)28-16-6-3-7-17-28/h2-25H,1H3. The van der Waals surface area contributed by atoms with Gasteiger partial charge >= 0.3 is 7.12 Å². The molecule has 1 aliphatic rings. The molecule has 9 rings (SSSR count). The zero-order valence-electron chi connectivity index (χ0n) is 25.1.